The third-order valence-electron chi connectivity index (χ3n) is 2.53. The number of hydrogen-bond acceptors (Lipinski definition) is 4. The van der Waals surface area contributed by atoms with Crippen molar-refractivity contribution in [3.05, 3.63) is 35.4 Å². The van der Waals surface area contributed by atoms with Gasteiger partial charge in [-0.2, -0.15) is 0 Å². The molecule has 0 aliphatic carbocycles. The Kier molecular flexibility index (Phi) is 6.14. The summed E-state index contributed by atoms with van der Waals surface area (Å²) in [5, 5.41) is 23.3. The molecule has 0 unspecified atom stereocenters. The van der Waals surface area contributed by atoms with Crippen molar-refractivity contribution in [2.45, 2.75) is 26.1 Å². The Labute approximate surface area is 117 Å². The minimum atomic E-state index is -0.607. The fourth-order valence-corrected chi connectivity index (χ4v) is 1.46. The zero-order chi connectivity index (χ0) is 15.1. The largest absolute Gasteiger partial charge is 0.392 e. The number of hydrogen-bond donors (Lipinski definition) is 4. The van der Waals surface area contributed by atoms with Crippen LogP contribution in [0.4, 0.5) is 0 Å². The second-order valence-electron chi connectivity index (χ2n) is 4.70. The van der Waals surface area contributed by atoms with Gasteiger partial charge in [0.1, 0.15) is 0 Å². The van der Waals surface area contributed by atoms with E-state index in [-0.39, 0.29) is 24.9 Å². The zero-order valence-electron chi connectivity index (χ0n) is 11.6. The molecule has 2 atom stereocenters. The Hall–Kier alpha value is -1.92. The van der Waals surface area contributed by atoms with Crippen molar-refractivity contribution in [3.8, 4) is 0 Å². The molecule has 1 aromatic carbocycles. The van der Waals surface area contributed by atoms with Gasteiger partial charge in [-0.3, -0.25) is 9.59 Å². The molecular formula is C14H20N2O4. The first-order valence-electron chi connectivity index (χ1n) is 6.42. The molecule has 1 rings (SSSR count). The van der Waals surface area contributed by atoms with E-state index in [2.05, 4.69) is 10.6 Å². The molecule has 6 nitrogen and oxygen atoms in total. The molecule has 0 bridgehead atoms. The molecule has 0 aliphatic rings. The first-order valence-corrected chi connectivity index (χ1v) is 6.42. The van der Waals surface area contributed by atoms with E-state index in [4.69, 9.17) is 10.2 Å². The Morgan fingerprint density at radius 1 is 0.900 bits per heavy atom. The summed E-state index contributed by atoms with van der Waals surface area (Å²) < 4.78 is 0. The van der Waals surface area contributed by atoms with E-state index in [0.717, 1.165) is 0 Å². The van der Waals surface area contributed by atoms with Crippen LogP contribution in [0, 0.1) is 0 Å². The highest BCUT2D eigenvalue weighted by molar-refractivity contribution is 5.97. The summed E-state index contributed by atoms with van der Waals surface area (Å²) in [5.41, 5.74) is 0.829. The van der Waals surface area contributed by atoms with Crippen LogP contribution < -0.4 is 10.6 Å². The van der Waals surface area contributed by atoms with Crippen molar-refractivity contribution in [3.63, 3.8) is 0 Å². The maximum atomic E-state index is 11.7. The van der Waals surface area contributed by atoms with Gasteiger partial charge in [-0.15, -0.1) is 0 Å². The van der Waals surface area contributed by atoms with Gasteiger partial charge in [0.15, 0.2) is 0 Å². The zero-order valence-corrected chi connectivity index (χ0v) is 11.6. The first kappa shape index (κ1) is 16.1. The van der Waals surface area contributed by atoms with Gasteiger partial charge in [-0.05, 0) is 38.1 Å². The third-order valence-corrected chi connectivity index (χ3v) is 2.53. The molecule has 1 aromatic rings. The summed E-state index contributed by atoms with van der Waals surface area (Å²) in [7, 11) is 0. The minimum absolute atomic E-state index is 0.176. The molecule has 0 heterocycles. The number of benzene rings is 1. The van der Waals surface area contributed by atoms with Crippen LogP contribution in [0.1, 0.15) is 34.6 Å². The molecular weight excluding hydrogens is 260 g/mol. The van der Waals surface area contributed by atoms with Crippen molar-refractivity contribution in [2.24, 2.45) is 0 Å². The maximum absolute atomic E-state index is 11.7. The van der Waals surface area contributed by atoms with Crippen LogP contribution in [0.2, 0.25) is 0 Å². The molecule has 2 amide bonds. The predicted molar refractivity (Wildman–Crippen MR) is 74.5 cm³/mol. The third kappa shape index (κ3) is 5.38. The van der Waals surface area contributed by atoms with Crippen molar-refractivity contribution < 1.29 is 19.8 Å². The van der Waals surface area contributed by atoms with Crippen molar-refractivity contribution in [1.29, 1.82) is 0 Å². The van der Waals surface area contributed by atoms with E-state index in [1.165, 1.54) is 24.3 Å². The van der Waals surface area contributed by atoms with Gasteiger partial charge < -0.3 is 20.8 Å². The fourth-order valence-electron chi connectivity index (χ4n) is 1.46. The van der Waals surface area contributed by atoms with Crippen LogP contribution in [-0.2, 0) is 0 Å². The quantitative estimate of drug-likeness (QED) is 0.585. The average Bonchev–Trinajstić information content (AvgIpc) is 2.42. The second-order valence-corrected chi connectivity index (χ2v) is 4.70. The van der Waals surface area contributed by atoms with Gasteiger partial charge in [0.2, 0.25) is 0 Å². The van der Waals surface area contributed by atoms with Gasteiger partial charge in [0, 0.05) is 24.2 Å². The number of carbonyl (C=O) groups excluding carboxylic acids is 2. The van der Waals surface area contributed by atoms with E-state index in [1.807, 2.05) is 0 Å². The summed E-state index contributed by atoms with van der Waals surface area (Å²) >= 11 is 0. The molecule has 0 radical (unpaired) electrons. The molecule has 0 spiro atoms. The number of amides is 2. The van der Waals surface area contributed by atoms with Crippen LogP contribution in [0.25, 0.3) is 0 Å². The normalized spacial score (nSPS) is 13.4. The van der Waals surface area contributed by atoms with Crippen LogP contribution in [0.3, 0.4) is 0 Å². The second kappa shape index (κ2) is 7.62. The molecule has 0 aliphatic heterocycles. The predicted octanol–water partition coefficient (Wildman–Crippen LogP) is -0.0922. The fraction of sp³-hybridized carbons (Fsp3) is 0.429. The highest BCUT2D eigenvalue weighted by Crippen LogP contribution is 2.04. The lowest BCUT2D eigenvalue weighted by atomic mass is 10.1. The number of rotatable bonds is 6. The van der Waals surface area contributed by atoms with Gasteiger partial charge in [0.05, 0.1) is 12.2 Å². The molecule has 0 saturated heterocycles. The lowest BCUT2D eigenvalue weighted by molar-refractivity contribution is 0.0914. The highest BCUT2D eigenvalue weighted by Gasteiger charge is 2.09. The van der Waals surface area contributed by atoms with Crippen molar-refractivity contribution in [2.75, 3.05) is 13.1 Å². The van der Waals surface area contributed by atoms with Crippen LogP contribution in [0.5, 0.6) is 0 Å². The maximum Gasteiger partial charge on any atom is 0.251 e. The lowest BCUT2D eigenvalue weighted by Gasteiger charge is -2.09. The highest BCUT2D eigenvalue weighted by atomic mass is 16.3. The van der Waals surface area contributed by atoms with Gasteiger partial charge >= 0.3 is 0 Å². The van der Waals surface area contributed by atoms with Crippen LogP contribution >= 0.6 is 0 Å². The standard InChI is InChI=1S/C14H20N2O4/c1-9(17)7-15-13(19)11-3-5-12(6-4-11)14(20)16-8-10(2)18/h3-6,9-10,17-18H,7-8H2,1-2H3,(H,15,19)(H,16,20)/t9-,10+. The van der Waals surface area contributed by atoms with Crippen molar-refractivity contribution in [1.82, 2.24) is 10.6 Å². The number of nitrogens with one attached hydrogen (secondary N) is 2. The van der Waals surface area contributed by atoms with E-state index in [9.17, 15) is 9.59 Å². The topological polar surface area (TPSA) is 98.7 Å². The Bertz CT molecular complexity index is 412. The lowest BCUT2D eigenvalue weighted by Crippen LogP contribution is -2.31. The monoisotopic (exact) mass is 280 g/mol. The number of aliphatic hydroxyl groups is 2. The molecule has 0 aromatic heterocycles. The summed E-state index contributed by atoms with van der Waals surface area (Å²) in [6.07, 6.45) is -1.21. The van der Waals surface area contributed by atoms with E-state index in [1.54, 1.807) is 13.8 Å². The van der Waals surface area contributed by atoms with Gasteiger partial charge in [0.25, 0.3) is 11.8 Å². The molecule has 20 heavy (non-hydrogen) atoms. The Morgan fingerprint density at radius 3 is 1.45 bits per heavy atom. The summed E-state index contributed by atoms with van der Waals surface area (Å²) in [4.78, 5) is 23.4. The number of aliphatic hydroxyl groups excluding tert-OH is 2. The summed E-state index contributed by atoms with van der Waals surface area (Å²) in [6.45, 7) is 3.51. The average molecular weight is 280 g/mol. The molecule has 4 N–H and O–H groups in total. The molecule has 110 valence electrons. The van der Waals surface area contributed by atoms with E-state index in [0.29, 0.717) is 11.1 Å². The SMILES string of the molecule is C[C@H](O)CNC(=O)c1ccc(C(=O)NC[C@@H](C)O)cc1. The Balaban J connectivity index is 2.59. The molecule has 0 saturated carbocycles. The summed E-state index contributed by atoms with van der Waals surface area (Å²) in [5.74, 6) is -0.608. The molecule has 6 heteroatoms. The smallest absolute Gasteiger partial charge is 0.251 e. The molecule has 0 fully saturated rings. The Morgan fingerprint density at radius 2 is 1.20 bits per heavy atom. The van der Waals surface area contributed by atoms with Gasteiger partial charge in [-0.25, -0.2) is 0 Å². The summed E-state index contributed by atoms with van der Waals surface area (Å²) in [6, 6.07) is 6.15. The minimum Gasteiger partial charge on any atom is -0.392 e. The van der Waals surface area contributed by atoms with Gasteiger partial charge in [-0.1, -0.05) is 0 Å². The number of carbonyl (C=O) groups is 2. The van der Waals surface area contributed by atoms with E-state index >= 15 is 0 Å². The first-order chi connectivity index (χ1) is 9.40. The van der Waals surface area contributed by atoms with Crippen molar-refractivity contribution >= 4 is 11.8 Å². The van der Waals surface area contributed by atoms with Crippen LogP contribution in [-0.4, -0.2) is 47.3 Å². The van der Waals surface area contributed by atoms with Crippen LogP contribution in [0.15, 0.2) is 24.3 Å². The van der Waals surface area contributed by atoms with E-state index < -0.39 is 12.2 Å².